The Morgan fingerprint density at radius 1 is 1.43 bits per heavy atom. The number of likely N-dealkylation sites (N-methyl/N-ethyl adjacent to an activating group) is 1. The van der Waals surface area contributed by atoms with Crippen LogP contribution in [0.1, 0.15) is 37.6 Å². The normalized spacial score (nSPS) is 12.2. The van der Waals surface area contributed by atoms with E-state index in [0.717, 1.165) is 23.9 Å². The van der Waals surface area contributed by atoms with Crippen molar-refractivity contribution in [1.82, 2.24) is 20.5 Å². The minimum absolute atomic E-state index is 0.0128. The molecule has 0 unspecified atom stereocenters. The van der Waals surface area contributed by atoms with E-state index in [-0.39, 0.29) is 18.0 Å². The minimum atomic E-state index is -0.226. The maximum Gasteiger partial charge on any atom is 0.240 e. The Labute approximate surface area is 143 Å². The van der Waals surface area contributed by atoms with Crippen LogP contribution in [-0.4, -0.2) is 54.0 Å². The molecule has 0 aliphatic carbocycles. The molecule has 1 rings (SSSR count). The molecular weight excluding hydrogens is 310 g/mol. The van der Waals surface area contributed by atoms with Gasteiger partial charge in [-0.15, -0.1) is 11.3 Å². The number of rotatable bonds is 6. The van der Waals surface area contributed by atoms with Crippen molar-refractivity contribution in [3.05, 3.63) is 16.1 Å². The van der Waals surface area contributed by atoms with Gasteiger partial charge in [-0.25, -0.2) is 4.98 Å². The molecule has 23 heavy (non-hydrogen) atoms. The number of nitrogens with one attached hydrogen (secondary N) is 2. The first-order valence-electron chi connectivity index (χ1n) is 7.93. The van der Waals surface area contributed by atoms with Crippen molar-refractivity contribution in [2.75, 3.05) is 26.7 Å². The molecule has 7 heteroatoms. The van der Waals surface area contributed by atoms with Gasteiger partial charge >= 0.3 is 0 Å². The maximum atomic E-state index is 12.0. The zero-order valence-corrected chi connectivity index (χ0v) is 15.9. The Morgan fingerprint density at radius 3 is 2.65 bits per heavy atom. The van der Waals surface area contributed by atoms with Gasteiger partial charge in [0.15, 0.2) is 5.96 Å². The summed E-state index contributed by atoms with van der Waals surface area (Å²) in [5.41, 5.74) is -0.226. The largest absolute Gasteiger partial charge is 0.357 e. The first kappa shape index (κ1) is 19.4. The molecule has 0 aliphatic rings. The first-order chi connectivity index (χ1) is 10.7. The van der Waals surface area contributed by atoms with Crippen LogP contribution >= 0.6 is 11.3 Å². The van der Waals surface area contributed by atoms with Crippen molar-refractivity contribution in [1.29, 1.82) is 0 Å². The minimum Gasteiger partial charge on any atom is -0.357 e. The highest BCUT2D eigenvalue weighted by Gasteiger charge is 2.16. The van der Waals surface area contributed by atoms with E-state index in [4.69, 9.17) is 0 Å². The van der Waals surface area contributed by atoms with Gasteiger partial charge in [-0.2, -0.15) is 0 Å². The van der Waals surface area contributed by atoms with Crippen LogP contribution in [0.3, 0.4) is 0 Å². The first-order valence-corrected chi connectivity index (χ1v) is 8.74. The molecule has 1 amide bonds. The Bertz CT molecular complexity index is 533. The third kappa shape index (κ3) is 7.97. The fourth-order valence-corrected chi connectivity index (χ4v) is 2.77. The van der Waals surface area contributed by atoms with Crippen molar-refractivity contribution >= 4 is 23.2 Å². The molecule has 2 N–H and O–H groups in total. The van der Waals surface area contributed by atoms with Crippen molar-refractivity contribution in [2.24, 2.45) is 4.99 Å². The number of hydrogen-bond acceptors (Lipinski definition) is 4. The van der Waals surface area contributed by atoms with E-state index >= 15 is 0 Å². The van der Waals surface area contributed by atoms with Crippen LogP contribution < -0.4 is 10.6 Å². The Kier molecular flexibility index (Phi) is 7.48. The van der Waals surface area contributed by atoms with E-state index < -0.39 is 0 Å². The lowest BCUT2D eigenvalue weighted by Crippen LogP contribution is -2.48. The summed E-state index contributed by atoms with van der Waals surface area (Å²) in [4.78, 5) is 24.0. The lowest BCUT2D eigenvalue weighted by Gasteiger charge is -2.25. The molecule has 6 nitrogen and oxygen atoms in total. The number of thiazole rings is 1. The van der Waals surface area contributed by atoms with Crippen LogP contribution in [0.2, 0.25) is 0 Å². The second-order valence-corrected chi connectivity index (χ2v) is 7.82. The van der Waals surface area contributed by atoms with Gasteiger partial charge in [0.1, 0.15) is 0 Å². The predicted molar refractivity (Wildman–Crippen MR) is 97.1 cm³/mol. The Morgan fingerprint density at radius 2 is 2.13 bits per heavy atom. The summed E-state index contributed by atoms with van der Waals surface area (Å²) in [5.74, 6) is 0.728. The highest BCUT2D eigenvalue weighted by molar-refractivity contribution is 7.11. The zero-order chi connectivity index (χ0) is 17.5. The SMILES string of the molecule is CCNC(=NCCc1ncc(C)s1)N(C)CC(=O)NC(C)(C)C. The summed E-state index contributed by atoms with van der Waals surface area (Å²) < 4.78 is 0. The lowest BCUT2D eigenvalue weighted by molar-refractivity contribution is -0.122. The lowest BCUT2D eigenvalue weighted by atomic mass is 10.1. The average molecular weight is 340 g/mol. The number of hydrogen-bond donors (Lipinski definition) is 2. The third-order valence-corrected chi connectivity index (χ3v) is 3.82. The van der Waals surface area contributed by atoms with Gasteiger partial charge in [0.05, 0.1) is 11.6 Å². The molecule has 0 spiro atoms. The molecule has 0 saturated carbocycles. The summed E-state index contributed by atoms with van der Waals surface area (Å²) in [6.07, 6.45) is 2.70. The van der Waals surface area contributed by atoms with Crippen LogP contribution in [0.5, 0.6) is 0 Å². The quantitative estimate of drug-likeness (QED) is 0.612. The number of nitrogens with zero attached hydrogens (tertiary/aromatic N) is 3. The number of carbonyl (C=O) groups is 1. The van der Waals surface area contributed by atoms with Crippen molar-refractivity contribution < 1.29 is 4.79 Å². The Hall–Kier alpha value is -1.63. The molecule has 1 heterocycles. The summed E-state index contributed by atoms with van der Waals surface area (Å²) >= 11 is 1.70. The van der Waals surface area contributed by atoms with Crippen molar-refractivity contribution in [3.63, 3.8) is 0 Å². The molecular formula is C16H29N5OS. The van der Waals surface area contributed by atoms with Crippen LogP contribution in [0.15, 0.2) is 11.2 Å². The predicted octanol–water partition coefficient (Wildman–Crippen LogP) is 1.81. The van der Waals surface area contributed by atoms with Crippen LogP contribution in [0, 0.1) is 6.92 Å². The Balaban J connectivity index is 2.57. The molecule has 0 aromatic carbocycles. The third-order valence-electron chi connectivity index (χ3n) is 2.85. The van der Waals surface area contributed by atoms with E-state index in [9.17, 15) is 4.79 Å². The van der Waals surface area contributed by atoms with Crippen molar-refractivity contribution in [3.8, 4) is 0 Å². The van der Waals surface area contributed by atoms with E-state index in [1.165, 1.54) is 4.88 Å². The molecule has 1 aromatic rings. The van der Waals surface area contributed by atoms with Gasteiger partial charge in [0.2, 0.25) is 5.91 Å². The maximum absolute atomic E-state index is 12.0. The standard InChI is InChI=1S/C16H29N5OS/c1-7-17-15(18-9-8-14-19-10-12(2)23-14)21(6)11-13(22)20-16(3,4)5/h10H,7-9,11H2,1-6H3,(H,17,18)(H,20,22). The summed E-state index contributed by atoms with van der Waals surface area (Å²) in [5, 5.41) is 7.27. The zero-order valence-electron chi connectivity index (χ0n) is 15.1. The second-order valence-electron chi connectivity index (χ2n) is 6.50. The molecule has 0 atom stereocenters. The number of amides is 1. The number of carbonyl (C=O) groups excluding carboxylic acids is 1. The van der Waals surface area contributed by atoms with E-state index in [0.29, 0.717) is 6.54 Å². The molecule has 0 saturated heterocycles. The van der Waals surface area contributed by atoms with Gasteiger partial charge in [-0.3, -0.25) is 9.79 Å². The fraction of sp³-hybridized carbons (Fsp3) is 0.688. The van der Waals surface area contributed by atoms with Crippen LogP contribution in [0.25, 0.3) is 0 Å². The number of aliphatic imine (C=N–C) groups is 1. The van der Waals surface area contributed by atoms with E-state index in [1.807, 2.05) is 45.8 Å². The highest BCUT2D eigenvalue weighted by Crippen LogP contribution is 2.11. The smallest absolute Gasteiger partial charge is 0.240 e. The van der Waals surface area contributed by atoms with E-state index in [1.54, 1.807) is 11.3 Å². The molecule has 1 aromatic heterocycles. The van der Waals surface area contributed by atoms with Gasteiger partial charge < -0.3 is 15.5 Å². The number of guanidine groups is 1. The van der Waals surface area contributed by atoms with Gasteiger partial charge in [-0.05, 0) is 34.6 Å². The fourth-order valence-electron chi connectivity index (χ4n) is 1.99. The molecule has 0 radical (unpaired) electrons. The molecule has 0 bridgehead atoms. The van der Waals surface area contributed by atoms with Gasteiger partial charge in [0.25, 0.3) is 0 Å². The molecule has 130 valence electrons. The summed E-state index contributed by atoms with van der Waals surface area (Å²) in [6, 6.07) is 0. The second kappa shape index (κ2) is 8.86. The summed E-state index contributed by atoms with van der Waals surface area (Å²) in [6.45, 7) is 11.7. The highest BCUT2D eigenvalue weighted by atomic mass is 32.1. The van der Waals surface area contributed by atoms with E-state index in [2.05, 4.69) is 27.5 Å². The van der Waals surface area contributed by atoms with Crippen molar-refractivity contribution in [2.45, 2.75) is 46.6 Å². The average Bonchev–Trinajstić information content (AvgIpc) is 2.81. The number of aryl methyl sites for hydroxylation is 1. The number of aromatic nitrogens is 1. The van der Waals surface area contributed by atoms with Gasteiger partial charge in [0, 0.05) is 43.2 Å². The topological polar surface area (TPSA) is 69.6 Å². The van der Waals surface area contributed by atoms with Crippen LogP contribution in [-0.2, 0) is 11.2 Å². The molecule has 0 fully saturated rings. The van der Waals surface area contributed by atoms with Crippen LogP contribution in [0.4, 0.5) is 0 Å². The summed E-state index contributed by atoms with van der Waals surface area (Å²) in [7, 11) is 1.87. The monoisotopic (exact) mass is 339 g/mol. The van der Waals surface area contributed by atoms with Gasteiger partial charge in [-0.1, -0.05) is 0 Å². The molecule has 0 aliphatic heterocycles.